The molecule has 0 unspecified atom stereocenters. The van der Waals surface area contributed by atoms with Crippen LogP contribution in [0.25, 0.3) is 0 Å². The van der Waals surface area contributed by atoms with E-state index in [4.69, 9.17) is 4.74 Å². The van der Waals surface area contributed by atoms with Crippen molar-refractivity contribution in [3.05, 3.63) is 132 Å². The van der Waals surface area contributed by atoms with E-state index in [-0.39, 0.29) is 24.0 Å². The number of carbonyl (C=O) groups excluding carboxylic acids is 1. The largest absolute Gasteiger partial charge is 0.484 e. The minimum Gasteiger partial charge on any atom is -0.484 e. The van der Waals surface area contributed by atoms with Gasteiger partial charge in [-0.25, -0.2) is 13.1 Å². The molecule has 1 N–H and O–H groups in total. The zero-order valence-corrected chi connectivity index (χ0v) is 20.6. The zero-order chi connectivity index (χ0) is 25.2. The Bertz CT molecular complexity index is 1300. The second-order valence-corrected chi connectivity index (χ2v) is 10.1. The molecule has 0 bridgehead atoms. The van der Waals surface area contributed by atoms with Crippen molar-refractivity contribution in [2.75, 3.05) is 6.61 Å². The Morgan fingerprint density at radius 2 is 1.14 bits per heavy atom. The number of ether oxygens (including phenoxy) is 1. The zero-order valence-electron chi connectivity index (χ0n) is 19.8. The summed E-state index contributed by atoms with van der Waals surface area (Å²) in [5.41, 5.74) is 2.92. The second-order valence-electron chi connectivity index (χ2n) is 8.29. The van der Waals surface area contributed by atoms with Crippen molar-refractivity contribution < 1.29 is 17.9 Å². The van der Waals surface area contributed by atoms with E-state index in [9.17, 15) is 13.2 Å². The first-order valence-corrected chi connectivity index (χ1v) is 13.1. The van der Waals surface area contributed by atoms with Crippen LogP contribution in [0.2, 0.25) is 0 Å². The molecule has 0 saturated carbocycles. The molecular formula is C29H28N2O4S. The number of nitrogens with zero attached hydrogens (tertiary/aromatic N) is 1. The first-order valence-electron chi connectivity index (χ1n) is 11.6. The molecule has 0 spiro atoms. The molecule has 184 valence electrons. The van der Waals surface area contributed by atoms with E-state index in [0.29, 0.717) is 18.8 Å². The first kappa shape index (κ1) is 25.2. The molecule has 0 fully saturated rings. The van der Waals surface area contributed by atoms with Gasteiger partial charge in [0.15, 0.2) is 6.61 Å². The van der Waals surface area contributed by atoms with Crippen LogP contribution in [0.3, 0.4) is 0 Å². The maximum absolute atomic E-state index is 13.1. The van der Waals surface area contributed by atoms with Crippen molar-refractivity contribution in [3.63, 3.8) is 0 Å². The van der Waals surface area contributed by atoms with Gasteiger partial charge in [0.05, 0.1) is 4.90 Å². The summed E-state index contributed by atoms with van der Waals surface area (Å²) in [7, 11) is -3.67. The normalized spacial score (nSPS) is 11.1. The standard InChI is InChI=1S/C29H28N2O4S/c32-29(31(21-25-12-6-2-7-13-25)22-26-14-8-3-9-15-26)23-35-27-16-18-28(19-17-27)36(33,34)30-20-24-10-4-1-5-11-24/h1-19,30H,20-23H2. The fraction of sp³-hybridized carbons (Fsp3) is 0.138. The molecule has 4 aromatic rings. The average molecular weight is 501 g/mol. The van der Waals surface area contributed by atoms with Crippen molar-refractivity contribution >= 4 is 15.9 Å². The molecular weight excluding hydrogens is 472 g/mol. The minimum atomic E-state index is -3.67. The van der Waals surface area contributed by atoms with E-state index in [2.05, 4.69) is 4.72 Å². The highest BCUT2D eigenvalue weighted by molar-refractivity contribution is 7.89. The van der Waals surface area contributed by atoms with Crippen LogP contribution in [0.1, 0.15) is 16.7 Å². The third-order valence-electron chi connectivity index (χ3n) is 5.59. The molecule has 0 radical (unpaired) electrons. The predicted octanol–water partition coefficient (Wildman–Crippen LogP) is 4.77. The third kappa shape index (κ3) is 7.28. The summed E-state index contributed by atoms with van der Waals surface area (Å²) in [5.74, 6) is 0.258. The van der Waals surface area contributed by atoms with Gasteiger partial charge in [-0.3, -0.25) is 4.79 Å². The van der Waals surface area contributed by atoms with Crippen LogP contribution in [0.5, 0.6) is 5.75 Å². The Balaban J connectivity index is 1.37. The van der Waals surface area contributed by atoms with Gasteiger partial charge in [-0.1, -0.05) is 91.0 Å². The van der Waals surface area contributed by atoms with Gasteiger partial charge in [0, 0.05) is 19.6 Å². The Morgan fingerprint density at radius 3 is 1.64 bits per heavy atom. The van der Waals surface area contributed by atoms with E-state index in [0.717, 1.165) is 16.7 Å². The summed E-state index contributed by atoms with van der Waals surface area (Å²) in [6.45, 7) is 0.969. The number of sulfonamides is 1. The monoisotopic (exact) mass is 500 g/mol. The minimum absolute atomic E-state index is 0.131. The summed E-state index contributed by atoms with van der Waals surface area (Å²) in [6, 6.07) is 35.0. The van der Waals surface area contributed by atoms with Crippen molar-refractivity contribution in [2.24, 2.45) is 0 Å². The van der Waals surface area contributed by atoms with Crippen LogP contribution in [-0.2, 0) is 34.5 Å². The molecule has 36 heavy (non-hydrogen) atoms. The van der Waals surface area contributed by atoms with Gasteiger partial charge in [0.2, 0.25) is 10.0 Å². The van der Waals surface area contributed by atoms with E-state index in [1.165, 1.54) is 12.1 Å². The van der Waals surface area contributed by atoms with Crippen LogP contribution in [0.4, 0.5) is 0 Å². The Kier molecular flexibility index (Phi) is 8.49. The molecule has 0 aliphatic heterocycles. The number of carbonyl (C=O) groups is 1. The van der Waals surface area contributed by atoms with Crippen molar-refractivity contribution in [1.29, 1.82) is 0 Å². The number of hydrogen-bond acceptors (Lipinski definition) is 4. The molecule has 1 amide bonds. The lowest BCUT2D eigenvalue weighted by atomic mass is 10.1. The first-order chi connectivity index (χ1) is 17.5. The lowest BCUT2D eigenvalue weighted by Gasteiger charge is -2.23. The van der Waals surface area contributed by atoms with Crippen LogP contribution >= 0.6 is 0 Å². The topological polar surface area (TPSA) is 75.7 Å². The highest BCUT2D eigenvalue weighted by Gasteiger charge is 2.17. The van der Waals surface area contributed by atoms with Crippen molar-refractivity contribution in [1.82, 2.24) is 9.62 Å². The van der Waals surface area contributed by atoms with Gasteiger partial charge in [-0.15, -0.1) is 0 Å². The maximum Gasteiger partial charge on any atom is 0.261 e. The molecule has 4 rings (SSSR count). The van der Waals surface area contributed by atoms with Gasteiger partial charge >= 0.3 is 0 Å². The molecule has 0 aliphatic carbocycles. The highest BCUT2D eigenvalue weighted by atomic mass is 32.2. The molecule has 0 aromatic heterocycles. The molecule has 6 nitrogen and oxygen atoms in total. The third-order valence-corrected chi connectivity index (χ3v) is 7.01. The van der Waals surface area contributed by atoms with Gasteiger partial charge in [-0.2, -0.15) is 0 Å². The van der Waals surface area contributed by atoms with Gasteiger partial charge in [0.1, 0.15) is 5.75 Å². The van der Waals surface area contributed by atoms with Crippen LogP contribution in [0.15, 0.2) is 120 Å². The number of hydrogen-bond donors (Lipinski definition) is 1. The fourth-order valence-electron chi connectivity index (χ4n) is 3.65. The smallest absolute Gasteiger partial charge is 0.261 e. The lowest BCUT2D eigenvalue weighted by molar-refractivity contribution is -0.134. The molecule has 0 saturated heterocycles. The summed E-state index contributed by atoms with van der Waals surface area (Å²) in [6.07, 6.45) is 0. The van der Waals surface area contributed by atoms with E-state index >= 15 is 0 Å². The van der Waals surface area contributed by atoms with Gasteiger partial charge < -0.3 is 9.64 Å². The Hall–Kier alpha value is -3.94. The number of benzene rings is 4. The fourth-order valence-corrected chi connectivity index (χ4v) is 4.67. The lowest BCUT2D eigenvalue weighted by Crippen LogP contribution is -2.34. The second kappa shape index (κ2) is 12.2. The number of nitrogens with one attached hydrogen (secondary N) is 1. The summed E-state index contributed by atoms with van der Waals surface area (Å²) >= 11 is 0. The van der Waals surface area contributed by atoms with Gasteiger partial charge in [0.25, 0.3) is 5.91 Å². The van der Waals surface area contributed by atoms with Crippen LogP contribution in [0, 0.1) is 0 Å². The average Bonchev–Trinajstić information content (AvgIpc) is 2.92. The highest BCUT2D eigenvalue weighted by Crippen LogP contribution is 2.17. The number of rotatable bonds is 11. The van der Waals surface area contributed by atoms with Crippen molar-refractivity contribution in [2.45, 2.75) is 24.5 Å². The van der Waals surface area contributed by atoms with E-state index < -0.39 is 10.0 Å². The van der Waals surface area contributed by atoms with E-state index in [1.807, 2.05) is 91.0 Å². The summed E-state index contributed by atoms with van der Waals surface area (Å²) in [4.78, 5) is 14.9. The summed E-state index contributed by atoms with van der Waals surface area (Å²) < 4.78 is 33.5. The quantitative estimate of drug-likeness (QED) is 0.322. The SMILES string of the molecule is O=C(COc1ccc(S(=O)(=O)NCc2ccccc2)cc1)N(Cc1ccccc1)Cc1ccccc1. The van der Waals surface area contributed by atoms with Crippen LogP contribution in [-0.4, -0.2) is 25.8 Å². The van der Waals surface area contributed by atoms with Crippen LogP contribution < -0.4 is 9.46 Å². The van der Waals surface area contributed by atoms with Gasteiger partial charge in [-0.05, 0) is 41.0 Å². The van der Waals surface area contributed by atoms with E-state index in [1.54, 1.807) is 17.0 Å². The summed E-state index contributed by atoms with van der Waals surface area (Å²) in [5, 5.41) is 0. The molecule has 0 atom stereocenters. The molecule has 4 aromatic carbocycles. The molecule has 0 heterocycles. The molecule has 0 aliphatic rings. The van der Waals surface area contributed by atoms with Crippen molar-refractivity contribution in [3.8, 4) is 5.75 Å². The predicted molar refractivity (Wildman–Crippen MR) is 140 cm³/mol. The maximum atomic E-state index is 13.1. The molecule has 7 heteroatoms. The Morgan fingerprint density at radius 1 is 0.667 bits per heavy atom. The Labute approximate surface area is 212 Å². The number of amides is 1.